The average molecular weight is 249 g/mol. The first kappa shape index (κ1) is 16.3. The topological polar surface area (TPSA) is 47.4 Å². The zero-order chi connectivity index (χ0) is 14.0. The number of halogens is 1. The largest absolute Gasteiger partial charge is 0.473 e. The minimum Gasteiger partial charge on any atom is -0.473 e. The van der Waals surface area contributed by atoms with Crippen molar-refractivity contribution in [2.75, 3.05) is 0 Å². The van der Waals surface area contributed by atoms with Gasteiger partial charge in [-0.15, -0.1) is 0 Å². The van der Waals surface area contributed by atoms with Gasteiger partial charge in [0.15, 0.2) is 11.7 Å². The van der Waals surface area contributed by atoms with E-state index in [1.807, 2.05) is 13.8 Å². The van der Waals surface area contributed by atoms with E-state index < -0.39 is 5.95 Å². The number of allylic oxidation sites excluding steroid dienone is 1. The van der Waals surface area contributed by atoms with Gasteiger partial charge in [0.2, 0.25) is 5.95 Å². The highest BCUT2D eigenvalue weighted by atomic mass is 19.1. The second kappa shape index (κ2) is 9.33. The van der Waals surface area contributed by atoms with Crippen molar-refractivity contribution in [1.82, 2.24) is 9.97 Å². The molecule has 0 spiro atoms. The Balaban J connectivity index is 0.00000137. The Hall–Kier alpha value is -1.72. The zero-order valence-corrected chi connectivity index (χ0v) is 11.1. The molecule has 0 atom stereocenters. The summed E-state index contributed by atoms with van der Waals surface area (Å²) >= 11 is 0. The van der Waals surface area contributed by atoms with Gasteiger partial charge in [-0.3, -0.25) is 0 Å². The number of ether oxygens (including phenoxy) is 1. The normalized spacial score (nSPS) is 11.6. The van der Waals surface area contributed by atoms with Gasteiger partial charge in [-0.25, -0.2) is 9.97 Å². The standard InChI is InChI=1S/C10H11BFN3O.C2H6/c1-3-9(12)15-7(2)16-6-10-13-4-8(11)5-14-10;1-2/h3-5H,6H2,1-2H3;1-2H3/b9-3-,15-7+;. The van der Waals surface area contributed by atoms with Crippen molar-refractivity contribution in [3.8, 4) is 0 Å². The van der Waals surface area contributed by atoms with Crippen LogP contribution in [0.25, 0.3) is 0 Å². The molecule has 0 amide bonds. The molecule has 1 rings (SSSR count). The van der Waals surface area contributed by atoms with Crippen LogP contribution in [0, 0.1) is 0 Å². The van der Waals surface area contributed by atoms with E-state index in [-0.39, 0.29) is 12.5 Å². The van der Waals surface area contributed by atoms with Gasteiger partial charge in [-0.1, -0.05) is 19.3 Å². The van der Waals surface area contributed by atoms with Crippen LogP contribution in [0.4, 0.5) is 4.39 Å². The summed E-state index contributed by atoms with van der Waals surface area (Å²) in [7, 11) is 5.42. The Morgan fingerprint density at radius 1 is 1.44 bits per heavy atom. The van der Waals surface area contributed by atoms with Crippen molar-refractivity contribution >= 4 is 19.2 Å². The molecule has 0 aliphatic heterocycles. The van der Waals surface area contributed by atoms with Crippen LogP contribution < -0.4 is 5.46 Å². The van der Waals surface area contributed by atoms with Crippen LogP contribution in [-0.4, -0.2) is 23.7 Å². The molecule has 0 aliphatic rings. The van der Waals surface area contributed by atoms with E-state index in [1.54, 1.807) is 13.8 Å². The first-order chi connectivity index (χ1) is 8.61. The molecule has 0 bridgehead atoms. The smallest absolute Gasteiger partial charge is 0.211 e. The lowest BCUT2D eigenvalue weighted by Gasteiger charge is -2.03. The fourth-order valence-corrected chi connectivity index (χ4v) is 0.856. The van der Waals surface area contributed by atoms with E-state index in [0.29, 0.717) is 11.3 Å². The van der Waals surface area contributed by atoms with E-state index in [9.17, 15) is 4.39 Å². The molecule has 0 N–H and O–H groups in total. The number of hydrogen-bond acceptors (Lipinski definition) is 4. The van der Waals surface area contributed by atoms with Crippen LogP contribution in [0.15, 0.2) is 29.4 Å². The van der Waals surface area contributed by atoms with E-state index in [2.05, 4.69) is 15.0 Å². The van der Waals surface area contributed by atoms with Crippen LogP contribution in [0.2, 0.25) is 0 Å². The van der Waals surface area contributed by atoms with Crippen molar-refractivity contribution in [3.63, 3.8) is 0 Å². The zero-order valence-electron chi connectivity index (χ0n) is 11.1. The van der Waals surface area contributed by atoms with Crippen LogP contribution in [0.1, 0.15) is 33.5 Å². The first-order valence-electron chi connectivity index (χ1n) is 5.68. The van der Waals surface area contributed by atoms with Crippen molar-refractivity contribution in [2.24, 2.45) is 4.99 Å². The molecule has 0 unspecified atom stereocenters. The van der Waals surface area contributed by atoms with Gasteiger partial charge < -0.3 is 4.74 Å². The maximum atomic E-state index is 12.7. The predicted molar refractivity (Wildman–Crippen MR) is 71.5 cm³/mol. The molecule has 1 aromatic rings. The molecule has 0 aromatic carbocycles. The number of aliphatic imine (C=N–C) groups is 1. The fraction of sp³-hybridized carbons (Fsp3) is 0.417. The van der Waals surface area contributed by atoms with E-state index >= 15 is 0 Å². The van der Waals surface area contributed by atoms with Gasteiger partial charge in [0.1, 0.15) is 14.5 Å². The molecule has 2 radical (unpaired) electrons. The molecule has 1 aromatic heterocycles. The van der Waals surface area contributed by atoms with Gasteiger partial charge in [0.25, 0.3) is 0 Å². The Morgan fingerprint density at radius 3 is 2.50 bits per heavy atom. The lowest BCUT2D eigenvalue weighted by atomic mass is 10.0. The second-order valence-electron chi connectivity index (χ2n) is 2.96. The molecule has 1 heterocycles. The molecule has 4 nitrogen and oxygen atoms in total. The molecule has 96 valence electrons. The van der Waals surface area contributed by atoms with Gasteiger partial charge in [0, 0.05) is 19.3 Å². The Bertz CT molecular complexity index is 404. The van der Waals surface area contributed by atoms with E-state index in [1.165, 1.54) is 18.5 Å². The molecule has 0 saturated heterocycles. The number of rotatable bonds is 3. The fourth-order valence-electron chi connectivity index (χ4n) is 0.856. The summed E-state index contributed by atoms with van der Waals surface area (Å²) in [5, 5.41) is 0. The minimum absolute atomic E-state index is 0.132. The summed E-state index contributed by atoms with van der Waals surface area (Å²) in [5.41, 5.74) is 0.481. The quantitative estimate of drug-likeness (QED) is 0.356. The summed E-state index contributed by atoms with van der Waals surface area (Å²) in [6, 6.07) is 0. The van der Waals surface area contributed by atoms with Crippen molar-refractivity contribution in [1.29, 1.82) is 0 Å². The van der Waals surface area contributed by atoms with Crippen molar-refractivity contribution < 1.29 is 9.13 Å². The monoisotopic (exact) mass is 249 g/mol. The van der Waals surface area contributed by atoms with E-state index in [0.717, 1.165) is 0 Å². The third kappa shape index (κ3) is 6.78. The molecular weight excluding hydrogens is 232 g/mol. The Morgan fingerprint density at radius 2 is 2.00 bits per heavy atom. The van der Waals surface area contributed by atoms with E-state index in [4.69, 9.17) is 12.6 Å². The molecule has 0 fully saturated rings. The molecular formula is C12H17BFN3O. The van der Waals surface area contributed by atoms with Crippen LogP contribution in [0.3, 0.4) is 0 Å². The third-order valence-electron chi connectivity index (χ3n) is 1.64. The highest BCUT2D eigenvalue weighted by Gasteiger charge is 1.99. The third-order valence-corrected chi connectivity index (χ3v) is 1.64. The maximum Gasteiger partial charge on any atom is 0.211 e. The average Bonchev–Trinajstić information content (AvgIpc) is 2.40. The van der Waals surface area contributed by atoms with Gasteiger partial charge in [-0.05, 0) is 13.0 Å². The minimum atomic E-state index is -0.587. The number of hydrogen-bond donors (Lipinski definition) is 0. The van der Waals surface area contributed by atoms with Gasteiger partial charge >= 0.3 is 0 Å². The van der Waals surface area contributed by atoms with Crippen LogP contribution >= 0.6 is 0 Å². The predicted octanol–water partition coefficient (Wildman–Crippen LogP) is 2.06. The van der Waals surface area contributed by atoms with Crippen LogP contribution in [-0.2, 0) is 11.3 Å². The first-order valence-corrected chi connectivity index (χ1v) is 5.68. The molecule has 0 saturated carbocycles. The maximum absolute atomic E-state index is 12.7. The summed E-state index contributed by atoms with van der Waals surface area (Å²) < 4.78 is 17.9. The second-order valence-corrected chi connectivity index (χ2v) is 2.96. The summed E-state index contributed by atoms with van der Waals surface area (Å²) in [6.07, 6.45) is 4.20. The molecule has 18 heavy (non-hydrogen) atoms. The lowest BCUT2D eigenvalue weighted by molar-refractivity contribution is 0.278. The number of aromatic nitrogens is 2. The molecule has 0 aliphatic carbocycles. The molecule has 6 heteroatoms. The Labute approximate surface area is 108 Å². The SMILES string of the molecule is CC.[B]c1cnc(CO/C(C)=N/C(F)=C\C)nc1. The van der Waals surface area contributed by atoms with Crippen molar-refractivity contribution in [2.45, 2.75) is 34.3 Å². The van der Waals surface area contributed by atoms with Gasteiger partial charge in [-0.2, -0.15) is 9.38 Å². The highest BCUT2D eigenvalue weighted by molar-refractivity contribution is 6.31. The summed E-state index contributed by atoms with van der Waals surface area (Å²) in [5.74, 6) is 0.0939. The Kier molecular flexibility index (Phi) is 8.44. The van der Waals surface area contributed by atoms with Crippen molar-refractivity contribution in [3.05, 3.63) is 30.2 Å². The van der Waals surface area contributed by atoms with Crippen LogP contribution in [0.5, 0.6) is 0 Å². The summed E-state index contributed by atoms with van der Waals surface area (Å²) in [4.78, 5) is 11.4. The lowest BCUT2D eigenvalue weighted by Crippen LogP contribution is -2.09. The highest BCUT2D eigenvalue weighted by Crippen LogP contribution is 2.00. The number of nitrogens with zero attached hydrogens (tertiary/aromatic N) is 3. The summed E-state index contributed by atoms with van der Waals surface area (Å²) in [6.45, 7) is 7.24. The van der Waals surface area contributed by atoms with Gasteiger partial charge in [0.05, 0.1) is 0 Å².